The molecule has 0 spiro atoms. The molecule has 4 aromatic heterocycles. The number of nitrogens with two attached hydrogens (primary N) is 1. The molecular weight excluding hydrogens is 537 g/mol. The number of nitrogen functional groups attached to an aromatic ring is 1. The number of halogens is 3. The summed E-state index contributed by atoms with van der Waals surface area (Å²) >= 11 is 0. The van der Waals surface area contributed by atoms with Crippen LogP contribution in [-0.4, -0.2) is 65.9 Å². The molecule has 1 fully saturated rings. The smallest absolute Gasteiger partial charge is 0.383 e. The number of imidazole rings is 2. The molecular formula is C23H25F3N10O2S. The highest BCUT2D eigenvalue weighted by molar-refractivity contribution is 7.89. The van der Waals surface area contributed by atoms with E-state index in [-0.39, 0.29) is 41.5 Å². The van der Waals surface area contributed by atoms with Crippen molar-refractivity contribution in [2.45, 2.75) is 37.0 Å². The van der Waals surface area contributed by atoms with Gasteiger partial charge in [-0.25, -0.2) is 33.3 Å². The largest absolute Gasteiger partial charge is 0.420 e. The monoisotopic (exact) mass is 562 g/mol. The number of anilines is 2. The number of nitrogens with one attached hydrogen (secondary N) is 1. The van der Waals surface area contributed by atoms with Crippen LogP contribution in [0.2, 0.25) is 0 Å². The number of alkyl halides is 3. The SMILES string of the molecule is Cc1c(-n2cnc(-c3nc(NC4CCN(S(=O)(=O)c5cn(C)cn5)CC4)ncc3C(F)(F)F)c2)ccnc1N. The molecule has 3 N–H and O–H groups in total. The first-order chi connectivity index (χ1) is 18.4. The van der Waals surface area contributed by atoms with E-state index in [0.717, 1.165) is 6.20 Å². The van der Waals surface area contributed by atoms with Crippen molar-refractivity contribution < 1.29 is 21.6 Å². The summed E-state index contributed by atoms with van der Waals surface area (Å²) in [4.78, 5) is 20.2. The van der Waals surface area contributed by atoms with E-state index >= 15 is 0 Å². The number of pyridine rings is 1. The van der Waals surface area contributed by atoms with Gasteiger partial charge in [-0.3, -0.25) is 0 Å². The quantitative estimate of drug-likeness (QED) is 0.362. The van der Waals surface area contributed by atoms with Gasteiger partial charge in [-0.1, -0.05) is 0 Å². The third-order valence-corrected chi connectivity index (χ3v) is 8.27. The van der Waals surface area contributed by atoms with Crippen molar-refractivity contribution in [2.24, 2.45) is 7.05 Å². The lowest BCUT2D eigenvalue weighted by Crippen LogP contribution is -2.42. The summed E-state index contributed by atoms with van der Waals surface area (Å²) in [7, 11) is -2.05. The fraction of sp³-hybridized carbons (Fsp3) is 0.348. The van der Waals surface area contributed by atoms with Crippen LogP contribution < -0.4 is 11.1 Å². The van der Waals surface area contributed by atoms with E-state index in [4.69, 9.17) is 5.73 Å². The molecule has 1 aliphatic rings. The molecule has 0 aliphatic carbocycles. The Morgan fingerprint density at radius 1 is 1.08 bits per heavy atom. The highest BCUT2D eigenvalue weighted by atomic mass is 32.2. The molecule has 0 saturated carbocycles. The van der Waals surface area contributed by atoms with Crippen LogP contribution in [0.25, 0.3) is 17.1 Å². The van der Waals surface area contributed by atoms with Crippen molar-refractivity contribution in [3.63, 3.8) is 0 Å². The number of sulfonamides is 1. The number of rotatable bonds is 6. The first-order valence-corrected chi connectivity index (χ1v) is 13.3. The van der Waals surface area contributed by atoms with Crippen molar-refractivity contribution >= 4 is 21.8 Å². The molecule has 39 heavy (non-hydrogen) atoms. The van der Waals surface area contributed by atoms with E-state index in [9.17, 15) is 21.6 Å². The lowest BCUT2D eigenvalue weighted by atomic mass is 10.1. The second-order valence-electron chi connectivity index (χ2n) is 9.16. The summed E-state index contributed by atoms with van der Waals surface area (Å²) in [5.74, 6) is 0.286. The maximum absolute atomic E-state index is 13.8. The van der Waals surface area contributed by atoms with Crippen LogP contribution >= 0.6 is 0 Å². The average molecular weight is 563 g/mol. The molecule has 0 bridgehead atoms. The van der Waals surface area contributed by atoms with E-state index in [1.54, 1.807) is 29.2 Å². The Hall–Kier alpha value is -4.05. The molecule has 1 aliphatic heterocycles. The van der Waals surface area contributed by atoms with E-state index < -0.39 is 21.8 Å². The molecule has 0 atom stereocenters. The molecule has 206 valence electrons. The van der Waals surface area contributed by atoms with Gasteiger partial charge in [0, 0.05) is 56.5 Å². The van der Waals surface area contributed by atoms with Gasteiger partial charge in [0.05, 0.1) is 18.3 Å². The number of hydrogen-bond acceptors (Lipinski definition) is 9. The van der Waals surface area contributed by atoms with E-state index in [1.807, 2.05) is 0 Å². The molecule has 16 heteroatoms. The Balaban J connectivity index is 1.36. The minimum absolute atomic E-state index is 0.00108. The van der Waals surface area contributed by atoms with Crippen LogP contribution in [0.3, 0.4) is 0 Å². The van der Waals surface area contributed by atoms with Gasteiger partial charge in [0.15, 0.2) is 5.03 Å². The Morgan fingerprint density at radius 2 is 1.82 bits per heavy atom. The third-order valence-electron chi connectivity index (χ3n) is 6.48. The number of piperidine rings is 1. The van der Waals surface area contributed by atoms with Gasteiger partial charge in [-0.2, -0.15) is 17.5 Å². The molecule has 5 rings (SSSR count). The van der Waals surface area contributed by atoms with Gasteiger partial charge >= 0.3 is 6.18 Å². The highest BCUT2D eigenvalue weighted by Crippen LogP contribution is 2.36. The summed E-state index contributed by atoms with van der Waals surface area (Å²) in [6.07, 6.45) is 3.99. The van der Waals surface area contributed by atoms with Gasteiger partial charge in [0.25, 0.3) is 10.0 Å². The fourth-order valence-electron chi connectivity index (χ4n) is 4.33. The number of nitrogens with zero attached hydrogens (tertiary/aromatic N) is 8. The summed E-state index contributed by atoms with van der Waals surface area (Å²) in [5.41, 5.74) is 5.73. The van der Waals surface area contributed by atoms with Crippen molar-refractivity contribution in [1.82, 2.24) is 38.4 Å². The molecule has 5 heterocycles. The summed E-state index contributed by atoms with van der Waals surface area (Å²) in [6, 6.07) is 1.43. The molecule has 0 unspecified atom stereocenters. The zero-order valence-corrected chi connectivity index (χ0v) is 21.8. The summed E-state index contributed by atoms with van der Waals surface area (Å²) < 4.78 is 71.6. The summed E-state index contributed by atoms with van der Waals surface area (Å²) in [6.45, 7) is 2.17. The topological polar surface area (TPSA) is 150 Å². The predicted octanol–water partition coefficient (Wildman–Crippen LogP) is 2.63. The van der Waals surface area contributed by atoms with Crippen molar-refractivity contribution in [3.05, 3.63) is 54.6 Å². The molecule has 0 radical (unpaired) electrons. The van der Waals surface area contributed by atoms with Crippen LogP contribution in [0.1, 0.15) is 24.0 Å². The van der Waals surface area contributed by atoms with Crippen LogP contribution in [0.4, 0.5) is 24.9 Å². The Bertz CT molecular complexity index is 1610. The standard InChI is InChI=1S/C23H25F3N10O2S/c1-14-18(3-6-28-21(14)27)35-10-17(30-13-35)20-16(23(24,25)26)9-29-22(33-20)32-15-4-7-36(8-5-15)39(37,38)19-11-34(2)12-31-19/h3,6,9-13,15H,4-5,7-8H2,1-2H3,(H2,27,28)(H,29,32,33). The zero-order valence-electron chi connectivity index (χ0n) is 21.0. The van der Waals surface area contributed by atoms with Gasteiger partial charge in [0.1, 0.15) is 22.8 Å². The third kappa shape index (κ3) is 5.29. The minimum Gasteiger partial charge on any atom is -0.383 e. The lowest BCUT2D eigenvalue weighted by molar-refractivity contribution is -0.137. The van der Waals surface area contributed by atoms with Gasteiger partial charge in [0.2, 0.25) is 5.95 Å². The first kappa shape index (κ1) is 26.6. The fourth-order valence-corrected chi connectivity index (χ4v) is 5.77. The van der Waals surface area contributed by atoms with Crippen molar-refractivity contribution in [3.8, 4) is 17.1 Å². The average Bonchev–Trinajstić information content (AvgIpc) is 3.55. The number of aromatic nitrogens is 7. The van der Waals surface area contributed by atoms with Crippen LogP contribution in [0.15, 0.2) is 48.5 Å². The lowest BCUT2D eigenvalue weighted by Gasteiger charge is -2.31. The molecule has 0 amide bonds. The predicted molar refractivity (Wildman–Crippen MR) is 135 cm³/mol. The zero-order chi connectivity index (χ0) is 27.9. The molecule has 0 aromatic carbocycles. The Labute approximate surface area is 221 Å². The van der Waals surface area contributed by atoms with E-state index in [2.05, 4.69) is 30.2 Å². The Kier molecular flexibility index (Phi) is 6.76. The maximum Gasteiger partial charge on any atom is 0.420 e. The van der Waals surface area contributed by atoms with Crippen molar-refractivity contribution in [1.29, 1.82) is 0 Å². The maximum atomic E-state index is 13.8. The Morgan fingerprint density at radius 3 is 2.49 bits per heavy atom. The van der Waals surface area contributed by atoms with E-state index in [1.165, 1.54) is 35.6 Å². The minimum atomic E-state index is -4.71. The van der Waals surface area contributed by atoms with Crippen LogP contribution in [0.5, 0.6) is 0 Å². The van der Waals surface area contributed by atoms with Crippen LogP contribution in [-0.2, 0) is 23.2 Å². The number of hydrogen-bond donors (Lipinski definition) is 2. The first-order valence-electron chi connectivity index (χ1n) is 11.9. The van der Waals surface area contributed by atoms with Gasteiger partial charge in [-0.05, 0) is 25.8 Å². The van der Waals surface area contributed by atoms with Gasteiger partial charge in [-0.15, -0.1) is 0 Å². The normalized spacial score (nSPS) is 15.5. The van der Waals surface area contributed by atoms with Gasteiger partial charge < -0.3 is 20.2 Å². The second kappa shape index (κ2) is 9.92. The number of aryl methyl sites for hydroxylation is 1. The second-order valence-corrected chi connectivity index (χ2v) is 11.0. The molecule has 12 nitrogen and oxygen atoms in total. The van der Waals surface area contributed by atoms with Crippen molar-refractivity contribution in [2.75, 3.05) is 24.1 Å². The summed E-state index contributed by atoms with van der Waals surface area (Å²) in [5, 5.41) is 3.02. The molecule has 4 aromatic rings. The van der Waals surface area contributed by atoms with E-state index in [0.29, 0.717) is 29.9 Å². The highest BCUT2D eigenvalue weighted by Gasteiger charge is 2.37. The van der Waals surface area contributed by atoms with Crippen LogP contribution in [0, 0.1) is 6.92 Å². The molecule has 1 saturated heterocycles.